The molecule has 0 radical (unpaired) electrons. The Balaban J connectivity index is 1.53. The van der Waals surface area contributed by atoms with Gasteiger partial charge in [0.2, 0.25) is 0 Å². The normalized spacial score (nSPS) is 30.1. The van der Waals surface area contributed by atoms with Crippen molar-refractivity contribution in [2.45, 2.75) is 81.1 Å². The number of hydrogen-bond donors (Lipinski definition) is 5. The molecule has 0 amide bonds. The van der Waals surface area contributed by atoms with Crippen LogP contribution >= 0.6 is 11.6 Å². The van der Waals surface area contributed by atoms with E-state index >= 15 is 0 Å². The van der Waals surface area contributed by atoms with Gasteiger partial charge in [0, 0.05) is 5.02 Å². The predicted octanol–water partition coefficient (Wildman–Crippen LogP) is 2.99. The molecule has 7 heteroatoms. The van der Waals surface area contributed by atoms with Gasteiger partial charge in [-0.1, -0.05) is 73.7 Å². The maximum Gasteiger partial charge on any atom is 0.113 e. The lowest BCUT2D eigenvalue weighted by Gasteiger charge is -2.40. The molecule has 3 unspecified atom stereocenters. The first kappa shape index (κ1) is 24.6. The number of rotatable bonds is 5. The Labute approximate surface area is 199 Å². The first-order valence-corrected chi connectivity index (χ1v) is 12.1. The number of halogens is 1. The molecule has 0 bridgehead atoms. The zero-order valence-electron chi connectivity index (χ0n) is 18.6. The van der Waals surface area contributed by atoms with E-state index in [9.17, 15) is 25.5 Å². The Morgan fingerprint density at radius 2 is 1.55 bits per heavy atom. The highest BCUT2D eigenvalue weighted by molar-refractivity contribution is 6.31. The fraction of sp³-hybridized carbons (Fsp3) is 0.538. The van der Waals surface area contributed by atoms with Crippen LogP contribution < -0.4 is 0 Å². The van der Waals surface area contributed by atoms with E-state index in [1.165, 1.54) is 12.8 Å². The minimum Gasteiger partial charge on any atom is -0.394 e. The minimum atomic E-state index is -1.43. The summed E-state index contributed by atoms with van der Waals surface area (Å²) >= 11 is 6.45. The molecule has 2 aromatic rings. The number of aliphatic hydroxyl groups is 5. The third-order valence-electron chi connectivity index (χ3n) is 7.11. The highest BCUT2D eigenvalue weighted by Gasteiger charge is 2.44. The predicted molar refractivity (Wildman–Crippen MR) is 125 cm³/mol. The largest absolute Gasteiger partial charge is 0.394 e. The van der Waals surface area contributed by atoms with Crippen LogP contribution in [0.2, 0.25) is 5.02 Å². The third-order valence-corrected chi connectivity index (χ3v) is 7.48. The van der Waals surface area contributed by atoms with Gasteiger partial charge in [0.1, 0.15) is 30.5 Å². The molecule has 6 nitrogen and oxygen atoms in total. The summed E-state index contributed by atoms with van der Waals surface area (Å²) in [5.41, 5.74) is 2.66. The van der Waals surface area contributed by atoms with E-state index in [0.717, 1.165) is 42.4 Å². The highest BCUT2D eigenvalue weighted by Crippen LogP contribution is 2.37. The molecule has 0 aromatic heterocycles. The van der Waals surface area contributed by atoms with E-state index in [4.69, 9.17) is 16.3 Å². The fourth-order valence-corrected chi connectivity index (χ4v) is 5.22. The summed E-state index contributed by atoms with van der Waals surface area (Å²) < 4.78 is 5.68. The van der Waals surface area contributed by atoms with E-state index in [-0.39, 0.29) is 0 Å². The van der Waals surface area contributed by atoms with Gasteiger partial charge >= 0.3 is 0 Å². The van der Waals surface area contributed by atoms with Crippen LogP contribution in [-0.2, 0) is 16.8 Å². The second kappa shape index (κ2) is 10.4. The zero-order valence-corrected chi connectivity index (χ0v) is 19.4. The molecule has 2 fully saturated rings. The molecule has 2 aromatic carbocycles. The Bertz CT molecular complexity index is 923. The summed E-state index contributed by atoms with van der Waals surface area (Å²) in [4.78, 5) is 0. The quantitative estimate of drug-likeness (QED) is 0.424. The van der Waals surface area contributed by atoms with Crippen LogP contribution in [0.4, 0.5) is 0 Å². The topological polar surface area (TPSA) is 110 Å². The van der Waals surface area contributed by atoms with E-state index in [1.54, 1.807) is 12.1 Å². The standard InChI is InChI=1S/C26H33ClO6/c27-20-10-7-17(25-24(31)23(30)22(29)21(15-28)33-25)14-18(20)13-16-5-8-19(9-6-16)26(32)11-3-1-2-4-12-26/h5-10,14,21-25,28-32H,1-4,11-13,15H2/t21?,22-,23+,24?,25?/m1/s1. The number of ether oxygens (including phenoxy) is 1. The van der Waals surface area contributed by atoms with Gasteiger partial charge < -0.3 is 30.3 Å². The molecule has 2 aliphatic rings. The molecule has 180 valence electrons. The van der Waals surface area contributed by atoms with Gasteiger partial charge in [0.05, 0.1) is 12.2 Å². The molecule has 1 heterocycles. The van der Waals surface area contributed by atoms with Gasteiger partial charge in [0.25, 0.3) is 0 Å². The van der Waals surface area contributed by atoms with Crippen molar-refractivity contribution in [1.82, 2.24) is 0 Å². The average molecular weight is 477 g/mol. The van der Waals surface area contributed by atoms with Crippen molar-refractivity contribution in [1.29, 1.82) is 0 Å². The van der Waals surface area contributed by atoms with Gasteiger partial charge in [-0.3, -0.25) is 0 Å². The molecule has 0 spiro atoms. The zero-order chi connectivity index (χ0) is 23.6. The van der Waals surface area contributed by atoms with E-state index in [0.29, 0.717) is 17.0 Å². The second-order valence-electron chi connectivity index (χ2n) is 9.42. The summed E-state index contributed by atoms with van der Waals surface area (Å²) in [7, 11) is 0. The maximum atomic E-state index is 11.1. The Kier molecular flexibility index (Phi) is 7.76. The summed E-state index contributed by atoms with van der Waals surface area (Å²) in [5.74, 6) is 0. The number of hydrogen-bond acceptors (Lipinski definition) is 6. The van der Waals surface area contributed by atoms with Crippen molar-refractivity contribution in [3.8, 4) is 0 Å². The van der Waals surface area contributed by atoms with Crippen molar-refractivity contribution in [2.75, 3.05) is 6.61 Å². The molecule has 5 atom stereocenters. The SMILES string of the molecule is OCC1OC(c2ccc(Cl)c(Cc3ccc(C4(O)CCCCCC4)cc3)c2)C(O)[C@@H](O)[C@@H]1O. The van der Waals surface area contributed by atoms with Crippen molar-refractivity contribution in [3.05, 3.63) is 69.7 Å². The third kappa shape index (κ3) is 5.28. The van der Waals surface area contributed by atoms with Gasteiger partial charge in [-0.05, 0) is 47.6 Å². The summed E-state index contributed by atoms with van der Waals surface area (Å²) in [6.45, 7) is -0.472. The van der Waals surface area contributed by atoms with Crippen LogP contribution in [0.1, 0.15) is 66.9 Å². The van der Waals surface area contributed by atoms with Crippen LogP contribution in [-0.4, -0.2) is 56.6 Å². The molecular formula is C26H33ClO6. The lowest BCUT2D eigenvalue weighted by Crippen LogP contribution is -2.55. The lowest BCUT2D eigenvalue weighted by molar-refractivity contribution is -0.231. The fourth-order valence-electron chi connectivity index (χ4n) is 5.04. The molecule has 5 N–H and O–H groups in total. The summed E-state index contributed by atoms with van der Waals surface area (Å²) in [6, 6.07) is 13.3. The molecule has 1 aliphatic heterocycles. The Morgan fingerprint density at radius 3 is 2.18 bits per heavy atom. The van der Waals surface area contributed by atoms with Crippen molar-refractivity contribution < 1.29 is 30.3 Å². The smallest absolute Gasteiger partial charge is 0.113 e. The van der Waals surface area contributed by atoms with E-state index in [2.05, 4.69) is 0 Å². The van der Waals surface area contributed by atoms with Crippen LogP contribution in [0.5, 0.6) is 0 Å². The molecule has 1 aliphatic carbocycles. The maximum absolute atomic E-state index is 11.1. The van der Waals surface area contributed by atoms with Gasteiger partial charge in [-0.25, -0.2) is 0 Å². The van der Waals surface area contributed by atoms with Crippen molar-refractivity contribution >= 4 is 11.6 Å². The van der Waals surface area contributed by atoms with Gasteiger partial charge in [-0.15, -0.1) is 0 Å². The first-order valence-electron chi connectivity index (χ1n) is 11.7. The molecule has 1 saturated carbocycles. The van der Waals surface area contributed by atoms with Crippen molar-refractivity contribution in [3.63, 3.8) is 0 Å². The second-order valence-corrected chi connectivity index (χ2v) is 9.83. The van der Waals surface area contributed by atoms with Gasteiger partial charge in [0.15, 0.2) is 0 Å². The van der Waals surface area contributed by atoms with E-state index in [1.807, 2.05) is 30.3 Å². The summed E-state index contributed by atoms with van der Waals surface area (Å²) in [5, 5.41) is 51.7. The number of benzene rings is 2. The molecular weight excluding hydrogens is 444 g/mol. The minimum absolute atomic E-state index is 0.472. The first-order chi connectivity index (χ1) is 15.8. The lowest BCUT2D eigenvalue weighted by atomic mass is 9.86. The average Bonchev–Trinajstić information content (AvgIpc) is 3.05. The number of aliphatic hydroxyl groups excluding tert-OH is 4. The monoisotopic (exact) mass is 476 g/mol. The van der Waals surface area contributed by atoms with Crippen LogP contribution in [0.25, 0.3) is 0 Å². The Morgan fingerprint density at radius 1 is 0.879 bits per heavy atom. The Hall–Kier alpha value is -1.51. The van der Waals surface area contributed by atoms with Gasteiger partial charge in [-0.2, -0.15) is 0 Å². The molecule has 1 saturated heterocycles. The van der Waals surface area contributed by atoms with Crippen LogP contribution in [0.15, 0.2) is 42.5 Å². The summed E-state index contributed by atoms with van der Waals surface area (Å²) in [6.07, 6.45) is 0.526. The van der Waals surface area contributed by atoms with E-state index < -0.39 is 42.7 Å². The highest BCUT2D eigenvalue weighted by atomic mass is 35.5. The molecule has 4 rings (SSSR count). The van der Waals surface area contributed by atoms with Crippen LogP contribution in [0, 0.1) is 0 Å². The van der Waals surface area contributed by atoms with Crippen LogP contribution in [0.3, 0.4) is 0 Å². The molecule has 33 heavy (non-hydrogen) atoms. The van der Waals surface area contributed by atoms with Crippen molar-refractivity contribution in [2.24, 2.45) is 0 Å².